The van der Waals surface area contributed by atoms with Crippen molar-refractivity contribution in [1.29, 1.82) is 0 Å². The van der Waals surface area contributed by atoms with Crippen LogP contribution in [0.2, 0.25) is 0 Å². The SMILES string of the molecule is CS(=O)(=O)c1c[nH]c(=O)c(Br)c1OCc1ccccc1. The molecule has 2 aromatic rings. The van der Waals surface area contributed by atoms with E-state index in [2.05, 4.69) is 20.9 Å². The Bertz CT molecular complexity index is 769. The van der Waals surface area contributed by atoms with Gasteiger partial charge in [0.05, 0.1) is 0 Å². The first-order valence-corrected chi connectivity index (χ1v) is 8.36. The number of ether oxygens (including phenoxy) is 1. The number of halogens is 1. The molecule has 2 rings (SSSR count). The second-order valence-electron chi connectivity index (χ2n) is 4.17. The van der Waals surface area contributed by atoms with E-state index >= 15 is 0 Å². The Morgan fingerprint density at radius 3 is 2.50 bits per heavy atom. The highest BCUT2D eigenvalue weighted by atomic mass is 79.9. The van der Waals surface area contributed by atoms with Gasteiger partial charge in [-0.3, -0.25) is 4.79 Å². The van der Waals surface area contributed by atoms with E-state index in [1.807, 2.05) is 30.3 Å². The van der Waals surface area contributed by atoms with E-state index in [9.17, 15) is 13.2 Å². The van der Waals surface area contributed by atoms with E-state index in [0.717, 1.165) is 18.0 Å². The van der Waals surface area contributed by atoms with Gasteiger partial charge in [0.15, 0.2) is 15.6 Å². The quantitative estimate of drug-likeness (QED) is 0.909. The Hall–Kier alpha value is -1.60. The van der Waals surface area contributed by atoms with Crippen LogP contribution in [0.1, 0.15) is 5.56 Å². The van der Waals surface area contributed by atoms with Crippen molar-refractivity contribution in [1.82, 2.24) is 4.98 Å². The lowest BCUT2D eigenvalue weighted by molar-refractivity contribution is 0.295. The highest BCUT2D eigenvalue weighted by Crippen LogP contribution is 2.29. The molecule has 1 aromatic carbocycles. The molecule has 0 bridgehead atoms. The summed E-state index contributed by atoms with van der Waals surface area (Å²) in [4.78, 5) is 13.8. The van der Waals surface area contributed by atoms with Gasteiger partial charge >= 0.3 is 0 Å². The molecule has 0 aliphatic carbocycles. The molecular formula is C13H12BrNO4S. The Balaban J connectivity index is 2.40. The lowest BCUT2D eigenvalue weighted by atomic mass is 10.2. The standard InChI is InChI=1S/C13H12BrNO4S/c1-20(17,18)10-7-15-13(16)11(14)12(10)19-8-9-5-3-2-4-6-9/h2-7H,8H2,1H3,(H,15,16). The smallest absolute Gasteiger partial charge is 0.266 e. The highest BCUT2D eigenvalue weighted by molar-refractivity contribution is 9.10. The van der Waals surface area contributed by atoms with E-state index in [1.165, 1.54) is 0 Å². The maximum atomic E-state index is 11.7. The number of hydrogen-bond acceptors (Lipinski definition) is 4. The van der Waals surface area contributed by atoms with Gasteiger partial charge < -0.3 is 9.72 Å². The van der Waals surface area contributed by atoms with Crippen LogP contribution >= 0.6 is 15.9 Å². The second kappa shape index (κ2) is 5.80. The second-order valence-corrected chi connectivity index (χ2v) is 6.95. The highest BCUT2D eigenvalue weighted by Gasteiger charge is 2.19. The molecule has 0 amide bonds. The van der Waals surface area contributed by atoms with Crippen LogP contribution in [-0.2, 0) is 16.4 Å². The molecule has 7 heteroatoms. The van der Waals surface area contributed by atoms with Gasteiger partial charge in [0.25, 0.3) is 5.56 Å². The van der Waals surface area contributed by atoms with Crippen LogP contribution < -0.4 is 10.3 Å². The third-order valence-electron chi connectivity index (χ3n) is 2.58. The first-order chi connectivity index (χ1) is 9.39. The van der Waals surface area contributed by atoms with Crippen molar-refractivity contribution in [2.45, 2.75) is 11.5 Å². The van der Waals surface area contributed by atoms with E-state index in [1.54, 1.807) is 0 Å². The number of rotatable bonds is 4. The minimum absolute atomic E-state index is 0.0279. The molecule has 1 heterocycles. The normalized spacial score (nSPS) is 11.3. The molecule has 20 heavy (non-hydrogen) atoms. The number of H-pyrrole nitrogens is 1. The number of nitrogens with one attached hydrogen (secondary N) is 1. The van der Waals surface area contributed by atoms with Gasteiger partial charge in [0.2, 0.25) is 0 Å². The lowest BCUT2D eigenvalue weighted by Crippen LogP contribution is -2.13. The van der Waals surface area contributed by atoms with Crippen molar-refractivity contribution >= 4 is 25.8 Å². The van der Waals surface area contributed by atoms with Crippen LogP contribution in [0.4, 0.5) is 0 Å². The first kappa shape index (κ1) is 14.8. The van der Waals surface area contributed by atoms with Gasteiger partial charge in [0, 0.05) is 12.5 Å². The summed E-state index contributed by atoms with van der Waals surface area (Å²) in [5.74, 6) is 0.0279. The third-order valence-corrected chi connectivity index (χ3v) is 4.40. The summed E-state index contributed by atoms with van der Waals surface area (Å²) in [5.41, 5.74) is 0.430. The minimum atomic E-state index is -3.50. The molecule has 0 spiro atoms. The molecule has 106 valence electrons. The van der Waals surface area contributed by atoms with Crippen molar-refractivity contribution in [3.63, 3.8) is 0 Å². The monoisotopic (exact) mass is 357 g/mol. The Labute approximate surface area is 124 Å². The van der Waals surface area contributed by atoms with Crippen molar-refractivity contribution in [3.05, 3.63) is 56.9 Å². The largest absolute Gasteiger partial charge is 0.486 e. The molecule has 0 unspecified atom stereocenters. The van der Waals surface area contributed by atoms with E-state index < -0.39 is 15.4 Å². The van der Waals surface area contributed by atoms with E-state index in [0.29, 0.717) is 0 Å². The fourth-order valence-electron chi connectivity index (χ4n) is 1.61. The van der Waals surface area contributed by atoms with Gasteiger partial charge in [-0.15, -0.1) is 0 Å². The Morgan fingerprint density at radius 2 is 1.90 bits per heavy atom. The van der Waals surface area contributed by atoms with Crippen molar-refractivity contribution in [2.75, 3.05) is 6.26 Å². The van der Waals surface area contributed by atoms with E-state index in [-0.39, 0.29) is 21.7 Å². The number of aromatic amines is 1. The zero-order chi connectivity index (χ0) is 14.8. The fourth-order valence-corrected chi connectivity index (χ4v) is 2.96. The lowest BCUT2D eigenvalue weighted by Gasteiger charge is -2.11. The number of sulfone groups is 1. The summed E-state index contributed by atoms with van der Waals surface area (Å²) in [6.07, 6.45) is 2.20. The van der Waals surface area contributed by atoms with Crippen molar-refractivity contribution in [3.8, 4) is 5.75 Å². The van der Waals surface area contributed by atoms with Crippen LogP contribution in [-0.4, -0.2) is 19.7 Å². The zero-order valence-electron chi connectivity index (χ0n) is 10.6. The summed E-state index contributed by atoms with van der Waals surface area (Å²) in [7, 11) is -3.50. The number of aromatic nitrogens is 1. The molecule has 1 aromatic heterocycles. The summed E-state index contributed by atoms with van der Waals surface area (Å²) < 4.78 is 29.0. The van der Waals surface area contributed by atoms with Gasteiger partial charge in [-0.2, -0.15) is 0 Å². The molecule has 0 atom stereocenters. The predicted molar refractivity (Wildman–Crippen MR) is 78.6 cm³/mol. The molecule has 5 nitrogen and oxygen atoms in total. The average Bonchev–Trinajstić information content (AvgIpc) is 2.40. The number of hydrogen-bond donors (Lipinski definition) is 1. The molecule has 0 saturated heterocycles. The first-order valence-electron chi connectivity index (χ1n) is 5.67. The summed E-state index contributed by atoms with van der Waals surface area (Å²) in [6.45, 7) is 0.172. The molecule has 0 fully saturated rings. The van der Waals surface area contributed by atoms with E-state index in [4.69, 9.17) is 4.74 Å². The Kier molecular flexibility index (Phi) is 4.29. The van der Waals surface area contributed by atoms with Gasteiger partial charge in [-0.1, -0.05) is 30.3 Å². The number of pyridine rings is 1. The fraction of sp³-hybridized carbons (Fsp3) is 0.154. The van der Waals surface area contributed by atoms with Crippen LogP contribution in [0.3, 0.4) is 0 Å². The topological polar surface area (TPSA) is 76.2 Å². The van der Waals surface area contributed by atoms with Crippen LogP contribution in [0.25, 0.3) is 0 Å². The predicted octanol–water partition coefficient (Wildman–Crippen LogP) is 2.12. The molecule has 0 aliphatic rings. The van der Waals surface area contributed by atoms with Gasteiger partial charge in [0.1, 0.15) is 16.0 Å². The Morgan fingerprint density at radius 1 is 1.25 bits per heavy atom. The molecule has 0 saturated carbocycles. The number of benzene rings is 1. The summed E-state index contributed by atoms with van der Waals surface area (Å²) >= 11 is 3.06. The van der Waals surface area contributed by atoms with Crippen molar-refractivity contribution in [2.24, 2.45) is 0 Å². The average molecular weight is 358 g/mol. The van der Waals surface area contributed by atoms with Crippen LogP contribution in [0.15, 0.2) is 50.7 Å². The van der Waals surface area contributed by atoms with Crippen LogP contribution in [0.5, 0.6) is 5.75 Å². The summed E-state index contributed by atoms with van der Waals surface area (Å²) in [5, 5.41) is 0. The molecule has 1 N–H and O–H groups in total. The maximum absolute atomic E-state index is 11.7. The van der Waals surface area contributed by atoms with Gasteiger partial charge in [-0.05, 0) is 21.5 Å². The molecule has 0 radical (unpaired) electrons. The molecular weight excluding hydrogens is 346 g/mol. The van der Waals surface area contributed by atoms with Gasteiger partial charge in [-0.25, -0.2) is 8.42 Å². The minimum Gasteiger partial charge on any atom is -0.486 e. The zero-order valence-corrected chi connectivity index (χ0v) is 13.0. The summed E-state index contributed by atoms with van der Waals surface area (Å²) in [6, 6.07) is 9.27. The molecule has 0 aliphatic heterocycles. The van der Waals surface area contributed by atoms with Crippen molar-refractivity contribution < 1.29 is 13.2 Å². The third kappa shape index (κ3) is 3.29. The maximum Gasteiger partial charge on any atom is 0.266 e. The van der Waals surface area contributed by atoms with Crippen LogP contribution in [0, 0.1) is 0 Å².